The molecule has 0 radical (unpaired) electrons. The fraction of sp³-hybridized carbons (Fsp3) is 0.300. The first-order chi connectivity index (χ1) is 15.6. The van der Waals surface area contributed by atoms with Gasteiger partial charge in [-0.1, -0.05) is 11.6 Å². The Labute approximate surface area is 196 Å². The number of esters is 3. The van der Waals surface area contributed by atoms with E-state index in [2.05, 4.69) is 5.32 Å². The van der Waals surface area contributed by atoms with Crippen LogP contribution in [0.15, 0.2) is 18.2 Å². The molecule has 1 heterocycles. The largest absolute Gasteiger partial charge is 0.462 e. The molecule has 0 aliphatic carbocycles. The molecular weight excluding hydrogens is 480 g/mol. The van der Waals surface area contributed by atoms with E-state index in [1.54, 1.807) is 13.8 Å². The van der Waals surface area contributed by atoms with Crippen molar-refractivity contribution < 1.29 is 38.3 Å². The van der Waals surface area contributed by atoms with Gasteiger partial charge in [-0.25, -0.2) is 14.4 Å². The molecule has 0 bridgehead atoms. The second kappa shape index (κ2) is 11.4. The van der Waals surface area contributed by atoms with Crippen molar-refractivity contribution in [3.05, 3.63) is 54.9 Å². The number of carbonyl (C=O) groups is 4. The van der Waals surface area contributed by atoms with Crippen molar-refractivity contribution in [2.24, 2.45) is 0 Å². The number of rotatable bonds is 9. The average Bonchev–Trinajstić information content (AvgIpc) is 3.08. The van der Waals surface area contributed by atoms with E-state index in [-0.39, 0.29) is 50.5 Å². The summed E-state index contributed by atoms with van der Waals surface area (Å²) in [7, 11) is 0. The van der Waals surface area contributed by atoms with Crippen molar-refractivity contribution in [1.82, 2.24) is 0 Å². The van der Waals surface area contributed by atoms with E-state index in [4.69, 9.17) is 25.8 Å². The first kappa shape index (κ1) is 25.7. The molecule has 0 aliphatic heterocycles. The normalized spacial score (nSPS) is 10.3. The molecule has 11 nitrogen and oxygen atoms in total. The number of amides is 1. The number of nitrogens with one attached hydrogen (secondary N) is 1. The summed E-state index contributed by atoms with van der Waals surface area (Å²) in [5.41, 5.74) is -0.420. The lowest BCUT2D eigenvalue weighted by atomic mass is 10.1. The molecule has 2 rings (SSSR count). The van der Waals surface area contributed by atoms with Gasteiger partial charge in [-0.3, -0.25) is 14.9 Å². The van der Waals surface area contributed by atoms with Gasteiger partial charge in [0.05, 0.1) is 34.3 Å². The SMILES string of the molecule is CCOC(=O)c1sc(NC(=O)COC(=O)c2cc([N+](=O)[O-])ccc2Cl)c(C(=O)OCC)c1C. The van der Waals surface area contributed by atoms with Crippen molar-refractivity contribution >= 4 is 57.4 Å². The van der Waals surface area contributed by atoms with E-state index >= 15 is 0 Å². The Balaban J connectivity index is 2.19. The Morgan fingerprint density at radius 2 is 1.70 bits per heavy atom. The summed E-state index contributed by atoms with van der Waals surface area (Å²) in [5, 5.41) is 13.2. The summed E-state index contributed by atoms with van der Waals surface area (Å²) in [4.78, 5) is 59.4. The van der Waals surface area contributed by atoms with E-state index in [1.807, 2.05) is 0 Å². The van der Waals surface area contributed by atoms with E-state index in [0.29, 0.717) is 0 Å². The van der Waals surface area contributed by atoms with Crippen LogP contribution in [0.4, 0.5) is 10.7 Å². The molecule has 0 spiro atoms. The first-order valence-corrected chi connectivity index (χ1v) is 10.7. The van der Waals surface area contributed by atoms with Crippen LogP contribution >= 0.6 is 22.9 Å². The summed E-state index contributed by atoms with van der Waals surface area (Å²) in [6.07, 6.45) is 0. The molecule has 2 aromatic rings. The number of carbonyl (C=O) groups excluding carboxylic acids is 4. The molecule has 0 saturated carbocycles. The number of halogens is 1. The van der Waals surface area contributed by atoms with Crippen molar-refractivity contribution in [3.8, 4) is 0 Å². The monoisotopic (exact) mass is 498 g/mol. The summed E-state index contributed by atoms with van der Waals surface area (Å²) in [5.74, 6) is -3.30. The maximum Gasteiger partial charge on any atom is 0.348 e. The average molecular weight is 499 g/mol. The quantitative estimate of drug-likeness (QED) is 0.235. The van der Waals surface area contributed by atoms with Crippen LogP contribution in [-0.4, -0.2) is 48.6 Å². The number of ether oxygens (including phenoxy) is 3. The third kappa shape index (κ3) is 6.26. The Morgan fingerprint density at radius 3 is 2.30 bits per heavy atom. The highest BCUT2D eigenvalue weighted by molar-refractivity contribution is 7.18. The molecule has 1 aromatic carbocycles. The van der Waals surface area contributed by atoms with E-state index in [9.17, 15) is 29.3 Å². The maximum atomic E-state index is 12.4. The van der Waals surface area contributed by atoms with Crippen LogP contribution in [0, 0.1) is 17.0 Å². The lowest BCUT2D eigenvalue weighted by molar-refractivity contribution is -0.384. The van der Waals surface area contributed by atoms with Crippen molar-refractivity contribution in [3.63, 3.8) is 0 Å². The Morgan fingerprint density at radius 1 is 1.06 bits per heavy atom. The van der Waals surface area contributed by atoms with Gasteiger partial charge in [-0.2, -0.15) is 0 Å². The summed E-state index contributed by atoms with van der Waals surface area (Å²) in [6.45, 7) is 4.13. The predicted octanol–water partition coefficient (Wildman–Crippen LogP) is 3.77. The molecule has 0 fully saturated rings. The fourth-order valence-electron chi connectivity index (χ4n) is 2.60. The number of hydrogen-bond donors (Lipinski definition) is 1. The van der Waals surface area contributed by atoms with Gasteiger partial charge in [0, 0.05) is 12.1 Å². The van der Waals surface area contributed by atoms with Crippen molar-refractivity contribution in [2.45, 2.75) is 20.8 Å². The highest BCUT2D eigenvalue weighted by Crippen LogP contribution is 2.34. The lowest BCUT2D eigenvalue weighted by Crippen LogP contribution is -2.22. The third-order valence-corrected chi connectivity index (χ3v) is 5.57. The topological polar surface area (TPSA) is 151 Å². The molecule has 0 unspecified atom stereocenters. The van der Waals surface area contributed by atoms with E-state index < -0.39 is 35.3 Å². The van der Waals surface area contributed by atoms with Gasteiger partial charge >= 0.3 is 17.9 Å². The molecule has 1 aromatic heterocycles. The molecule has 0 saturated heterocycles. The van der Waals surface area contributed by atoms with Gasteiger partial charge in [0.2, 0.25) is 0 Å². The van der Waals surface area contributed by atoms with Crippen LogP contribution in [-0.2, 0) is 19.0 Å². The lowest BCUT2D eigenvalue weighted by Gasteiger charge is -2.08. The second-order valence-electron chi connectivity index (χ2n) is 6.25. The standard InChI is InChI=1S/C20H19ClN2O9S/c1-4-30-19(26)15-10(3)16(20(27)31-5-2)33-17(15)22-14(24)9-32-18(25)12-8-11(23(28)29)6-7-13(12)21/h6-8H,4-5,9H2,1-3H3,(H,22,24). The van der Waals surface area contributed by atoms with Gasteiger partial charge in [-0.15, -0.1) is 11.3 Å². The predicted molar refractivity (Wildman–Crippen MR) is 118 cm³/mol. The number of anilines is 1. The molecular formula is C20H19ClN2O9S. The fourth-order valence-corrected chi connectivity index (χ4v) is 3.90. The van der Waals surface area contributed by atoms with Gasteiger partial charge < -0.3 is 19.5 Å². The molecule has 176 valence electrons. The number of hydrogen-bond acceptors (Lipinski definition) is 10. The van der Waals surface area contributed by atoms with Crippen LogP contribution in [0.3, 0.4) is 0 Å². The number of benzene rings is 1. The van der Waals surface area contributed by atoms with Gasteiger partial charge in [0.15, 0.2) is 6.61 Å². The number of thiophene rings is 1. The zero-order valence-corrected chi connectivity index (χ0v) is 19.3. The van der Waals surface area contributed by atoms with Crippen LogP contribution in [0.1, 0.15) is 49.8 Å². The number of nitro benzene ring substituents is 1. The van der Waals surface area contributed by atoms with E-state index in [1.165, 1.54) is 6.92 Å². The van der Waals surface area contributed by atoms with Crippen LogP contribution in [0.5, 0.6) is 0 Å². The number of nitrogens with zero attached hydrogens (tertiary/aromatic N) is 1. The summed E-state index contributed by atoms with van der Waals surface area (Å²) in [6, 6.07) is 3.20. The van der Waals surface area contributed by atoms with Gasteiger partial charge in [-0.05, 0) is 32.4 Å². The molecule has 1 N–H and O–H groups in total. The highest BCUT2D eigenvalue weighted by Gasteiger charge is 2.27. The van der Waals surface area contributed by atoms with Gasteiger partial charge in [0.1, 0.15) is 9.88 Å². The minimum atomic E-state index is -1.06. The maximum absolute atomic E-state index is 12.4. The highest BCUT2D eigenvalue weighted by atomic mass is 35.5. The van der Waals surface area contributed by atoms with Crippen LogP contribution < -0.4 is 5.32 Å². The molecule has 0 aliphatic rings. The molecule has 0 atom stereocenters. The zero-order chi connectivity index (χ0) is 24.7. The Bertz CT molecular complexity index is 1110. The van der Waals surface area contributed by atoms with Crippen LogP contribution in [0.25, 0.3) is 0 Å². The Hall–Kier alpha value is -3.51. The summed E-state index contributed by atoms with van der Waals surface area (Å²) < 4.78 is 14.8. The van der Waals surface area contributed by atoms with Crippen molar-refractivity contribution in [2.75, 3.05) is 25.1 Å². The number of nitro groups is 1. The van der Waals surface area contributed by atoms with Crippen LogP contribution in [0.2, 0.25) is 5.02 Å². The Kier molecular flexibility index (Phi) is 8.88. The smallest absolute Gasteiger partial charge is 0.348 e. The van der Waals surface area contributed by atoms with E-state index in [0.717, 1.165) is 29.5 Å². The van der Waals surface area contributed by atoms with Crippen molar-refractivity contribution in [1.29, 1.82) is 0 Å². The molecule has 1 amide bonds. The first-order valence-electron chi connectivity index (χ1n) is 9.49. The molecule has 33 heavy (non-hydrogen) atoms. The third-order valence-electron chi connectivity index (χ3n) is 4.06. The molecule has 13 heteroatoms. The second-order valence-corrected chi connectivity index (χ2v) is 7.67. The minimum Gasteiger partial charge on any atom is -0.462 e. The summed E-state index contributed by atoms with van der Waals surface area (Å²) >= 11 is 6.70. The zero-order valence-electron chi connectivity index (χ0n) is 17.8. The minimum absolute atomic E-state index is 0.0171. The number of non-ortho nitro benzene ring substituents is 1. The van der Waals surface area contributed by atoms with Gasteiger partial charge in [0.25, 0.3) is 11.6 Å².